The fourth-order valence-electron chi connectivity index (χ4n) is 2.77. The first-order chi connectivity index (χ1) is 8.86. The van der Waals surface area contributed by atoms with Crippen molar-refractivity contribution in [3.05, 3.63) is 35.4 Å². The zero-order valence-electron chi connectivity index (χ0n) is 11.2. The summed E-state index contributed by atoms with van der Waals surface area (Å²) < 4.78 is 0. The molecule has 1 unspecified atom stereocenters. The Morgan fingerprint density at radius 1 is 1.28 bits per heavy atom. The molecule has 0 amide bonds. The molecule has 0 bridgehead atoms. The summed E-state index contributed by atoms with van der Waals surface area (Å²) in [6, 6.07) is 8.65. The average Bonchev–Trinajstić information content (AvgIpc) is 2.69. The van der Waals surface area contributed by atoms with Gasteiger partial charge in [0.15, 0.2) is 0 Å². The molecule has 2 N–H and O–H groups in total. The molecule has 1 aliphatic heterocycles. The van der Waals surface area contributed by atoms with Crippen molar-refractivity contribution in [1.82, 2.24) is 10.2 Å². The zero-order chi connectivity index (χ0) is 12.8. The van der Waals surface area contributed by atoms with Crippen molar-refractivity contribution in [2.24, 2.45) is 0 Å². The summed E-state index contributed by atoms with van der Waals surface area (Å²) >= 11 is 0. The van der Waals surface area contributed by atoms with Crippen molar-refractivity contribution in [2.45, 2.75) is 25.8 Å². The summed E-state index contributed by atoms with van der Waals surface area (Å²) in [5.74, 6) is 0. The third kappa shape index (κ3) is 3.10. The molecule has 100 valence electrons. The van der Waals surface area contributed by atoms with Crippen LogP contribution in [0, 0.1) is 0 Å². The molecule has 0 spiro atoms. The molecule has 3 nitrogen and oxygen atoms in total. The number of nitrogens with one attached hydrogen (secondary N) is 1. The highest BCUT2D eigenvalue weighted by Gasteiger charge is 2.22. The Kier molecular flexibility index (Phi) is 5.17. The highest BCUT2D eigenvalue weighted by molar-refractivity contribution is 5.30. The van der Waals surface area contributed by atoms with E-state index in [0.717, 1.165) is 39.0 Å². The van der Waals surface area contributed by atoms with E-state index in [1.54, 1.807) is 0 Å². The SMILES string of the molecule is CCc1ccccc1C(CO)N1CCCNCC1. The van der Waals surface area contributed by atoms with Gasteiger partial charge in [-0.05, 0) is 30.5 Å². The van der Waals surface area contributed by atoms with E-state index in [0.29, 0.717) is 0 Å². The van der Waals surface area contributed by atoms with E-state index >= 15 is 0 Å². The van der Waals surface area contributed by atoms with E-state index < -0.39 is 0 Å². The third-order valence-electron chi connectivity index (χ3n) is 3.78. The van der Waals surface area contributed by atoms with Crippen molar-refractivity contribution in [3.63, 3.8) is 0 Å². The van der Waals surface area contributed by atoms with Crippen LogP contribution < -0.4 is 5.32 Å². The molecular weight excluding hydrogens is 224 g/mol. The first-order valence-electron chi connectivity index (χ1n) is 7.00. The summed E-state index contributed by atoms with van der Waals surface area (Å²) in [4.78, 5) is 2.41. The lowest BCUT2D eigenvalue weighted by Crippen LogP contribution is -2.34. The maximum atomic E-state index is 9.78. The van der Waals surface area contributed by atoms with Gasteiger partial charge in [-0.3, -0.25) is 4.90 Å². The molecule has 0 radical (unpaired) electrons. The lowest BCUT2D eigenvalue weighted by atomic mass is 9.97. The van der Waals surface area contributed by atoms with Crippen LogP contribution in [-0.4, -0.2) is 42.8 Å². The van der Waals surface area contributed by atoms with Gasteiger partial charge in [-0.1, -0.05) is 31.2 Å². The average molecular weight is 248 g/mol. The van der Waals surface area contributed by atoms with E-state index in [4.69, 9.17) is 0 Å². The number of rotatable bonds is 4. The minimum Gasteiger partial charge on any atom is -0.394 e. The van der Waals surface area contributed by atoms with Crippen LogP contribution in [-0.2, 0) is 6.42 Å². The molecule has 1 atom stereocenters. The van der Waals surface area contributed by atoms with Gasteiger partial charge >= 0.3 is 0 Å². The van der Waals surface area contributed by atoms with Gasteiger partial charge in [-0.25, -0.2) is 0 Å². The Labute approximate surface area is 110 Å². The quantitative estimate of drug-likeness (QED) is 0.849. The van der Waals surface area contributed by atoms with Crippen molar-refractivity contribution in [3.8, 4) is 0 Å². The monoisotopic (exact) mass is 248 g/mol. The molecule has 1 aromatic rings. The van der Waals surface area contributed by atoms with Crippen molar-refractivity contribution < 1.29 is 5.11 Å². The second-order valence-electron chi connectivity index (χ2n) is 4.89. The van der Waals surface area contributed by atoms with Gasteiger partial charge in [0.1, 0.15) is 0 Å². The van der Waals surface area contributed by atoms with Gasteiger partial charge in [0, 0.05) is 19.6 Å². The van der Waals surface area contributed by atoms with Gasteiger partial charge in [0.25, 0.3) is 0 Å². The van der Waals surface area contributed by atoms with Crippen LogP contribution in [0.1, 0.15) is 30.5 Å². The zero-order valence-corrected chi connectivity index (χ0v) is 11.2. The fraction of sp³-hybridized carbons (Fsp3) is 0.600. The number of aryl methyl sites for hydroxylation is 1. The number of aliphatic hydroxyl groups excluding tert-OH is 1. The maximum absolute atomic E-state index is 9.78. The topological polar surface area (TPSA) is 35.5 Å². The van der Waals surface area contributed by atoms with Crippen LogP contribution in [0.2, 0.25) is 0 Å². The van der Waals surface area contributed by atoms with Gasteiger partial charge < -0.3 is 10.4 Å². The van der Waals surface area contributed by atoms with Crippen LogP contribution in [0.3, 0.4) is 0 Å². The van der Waals surface area contributed by atoms with Crippen LogP contribution in [0.4, 0.5) is 0 Å². The molecule has 1 fully saturated rings. The number of benzene rings is 1. The molecule has 2 rings (SSSR count). The Bertz CT molecular complexity index is 359. The highest BCUT2D eigenvalue weighted by atomic mass is 16.3. The second kappa shape index (κ2) is 6.88. The lowest BCUT2D eigenvalue weighted by Gasteiger charge is -2.30. The lowest BCUT2D eigenvalue weighted by molar-refractivity contribution is 0.129. The summed E-state index contributed by atoms with van der Waals surface area (Å²) in [5, 5.41) is 13.2. The van der Waals surface area contributed by atoms with Crippen LogP contribution in [0.15, 0.2) is 24.3 Å². The van der Waals surface area contributed by atoms with Crippen molar-refractivity contribution in [2.75, 3.05) is 32.8 Å². The summed E-state index contributed by atoms with van der Waals surface area (Å²) in [6.45, 7) is 6.57. The summed E-state index contributed by atoms with van der Waals surface area (Å²) in [6.07, 6.45) is 2.18. The molecule has 0 aromatic heterocycles. The first kappa shape index (κ1) is 13.5. The van der Waals surface area contributed by atoms with E-state index in [2.05, 4.69) is 41.4 Å². The third-order valence-corrected chi connectivity index (χ3v) is 3.78. The Hall–Kier alpha value is -0.900. The highest BCUT2D eigenvalue weighted by Crippen LogP contribution is 2.24. The normalized spacial score (nSPS) is 19.4. The van der Waals surface area contributed by atoms with Crippen molar-refractivity contribution >= 4 is 0 Å². The molecular formula is C15H24N2O. The standard InChI is InChI=1S/C15H24N2O/c1-2-13-6-3-4-7-14(13)15(12-18)17-10-5-8-16-9-11-17/h3-4,6-7,15-16,18H,2,5,8-12H2,1H3. The number of nitrogens with zero attached hydrogens (tertiary/aromatic N) is 1. The molecule has 3 heteroatoms. The number of hydrogen-bond acceptors (Lipinski definition) is 3. The first-order valence-corrected chi connectivity index (χ1v) is 7.00. The van der Waals surface area contributed by atoms with Crippen LogP contribution in [0.5, 0.6) is 0 Å². The molecule has 0 aliphatic carbocycles. The van der Waals surface area contributed by atoms with Crippen LogP contribution >= 0.6 is 0 Å². The predicted octanol–water partition coefficient (Wildman–Crippen LogP) is 1.58. The molecule has 1 aliphatic rings. The Morgan fingerprint density at radius 2 is 2.11 bits per heavy atom. The smallest absolute Gasteiger partial charge is 0.0628 e. The molecule has 1 heterocycles. The summed E-state index contributed by atoms with van der Waals surface area (Å²) in [7, 11) is 0. The van der Waals surface area contributed by atoms with E-state index in [-0.39, 0.29) is 12.6 Å². The molecule has 18 heavy (non-hydrogen) atoms. The van der Waals surface area contributed by atoms with Gasteiger partial charge in [-0.2, -0.15) is 0 Å². The molecule has 0 saturated carbocycles. The Morgan fingerprint density at radius 3 is 2.89 bits per heavy atom. The molecule has 1 aromatic carbocycles. The second-order valence-corrected chi connectivity index (χ2v) is 4.89. The van der Waals surface area contributed by atoms with Gasteiger partial charge in [0.05, 0.1) is 12.6 Å². The molecule has 1 saturated heterocycles. The largest absolute Gasteiger partial charge is 0.394 e. The van der Waals surface area contributed by atoms with E-state index in [9.17, 15) is 5.11 Å². The van der Waals surface area contributed by atoms with Gasteiger partial charge in [0.2, 0.25) is 0 Å². The minimum atomic E-state index is 0.154. The predicted molar refractivity (Wildman–Crippen MR) is 74.7 cm³/mol. The van der Waals surface area contributed by atoms with Gasteiger partial charge in [-0.15, -0.1) is 0 Å². The minimum absolute atomic E-state index is 0.154. The Balaban J connectivity index is 2.20. The number of hydrogen-bond donors (Lipinski definition) is 2. The maximum Gasteiger partial charge on any atom is 0.0628 e. The number of aliphatic hydroxyl groups is 1. The van der Waals surface area contributed by atoms with Crippen molar-refractivity contribution in [1.29, 1.82) is 0 Å². The summed E-state index contributed by atoms with van der Waals surface area (Å²) in [5.41, 5.74) is 2.65. The van der Waals surface area contributed by atoms with E-state index in [1.807, 2.05) is 0 Å². The van der Waals surface area contributed by atoms with E-state index in [1.165, 1.54) is 11.1 Å². The fourth-order valence-corrected chi connectivity index (χ4v) is 2.77. The van der Waals surface area contributed by atoms with Crippen LogP contribution in [0.25, 0.3) is 0 Å².